The van der Waals surface area contributed by atoms with Crippen LogP contribution in [0.4, 0.5) is 0 Å². The Kier molecular flexibility index (Phi) is 2.84. The maximum atomic E-state index is 12.5. The largest absolute Gasteiger partial charge is 0.377 e. The molecule has 20 heavy (non-hydrogen) atoms. The van der Waals surface area contributed by atoms with Gasteiger partial charge in [0.1, 0.15) is 11.3 Å². The van der Waals surface area contributed by atoms with Gasteiger partial charge in [-0.1, -0.05) is 5.16 Å². The number of aryl methyl sites for hydroxylation is 1. The van der Waals surface area contributed by atoms with Crippen LogP contribution in [0.15, 0.2) is 10.7 Å². The molecule has 2 heterocycles. The van der Waals surface area contributed by atoms with E-state index in [-0.39, 0.29) is 5.91 Å². The lowest BCUT2D eigenvalue weighted by Gasteiger charge is -2.31. The fourth-order valence-corrected chi connectivity index (χ4v) is 3.56. The first-order valence-corrected chi connectivity index (χ1v) is 7.56. The van der Waals surface area contributed by atoms with E-state index in [0.29, 0.717) is 29.4 Å². The Bertz CT molecular complexity index is 523. The minimum Gasteiger partial charge on any atom is -0.377 e. The van der Waals surface area contributed by atoms with Gasteiger partial charge in [-0.15, -0.1) is 0 Å². The van der Waals surface area contributed by atoms with E-state index in [0.717, 1.165) is 31.9 Å². The Morgan fingerprint density at radius 3 is 2.95 bits per heavy atom. The van der Waals surface area contributed by atoms with E-state index in [9.17, 15) is 4.79 Å². The van der Waals surface area contributed by atoms with Gasteiger partial charge in [0.05, 0.1) is 12.3 Å². The molecule has 2 bridgehead atoms. The minimum absolute atomic E-state index is 0.0666. The molecule has 1 aliphatic heterocycles. The van der Waals surface area contributed by atoms with E-state index >= 15 is 0 Å². The van der Waals surface area contributed by atoms with Crippen LogP contribution in [0, 0.1) is 18.8 Å². The Labute approximate surface area is 118 Å². The van der Waals surface area contributed by atoms with Gasteiger partial charge in [-0.25, -0.2) is 0 Å². The molecule has 1 saturated heterocycles. The number of piperidine rings is 1. The van der Waals surface area contributed by atoms with Crippen LogP contribution in [-0.2, 0) is 4.74 Å². The molecular formula is C15H20N2O3. The predicted molar refractivity (Wildman–Crippen MR) is 71.3 cm³/mol. The van der Waals surface area contributed by atoms with Crippen molar-refractivity contribution in [2.45, 2.75) is 44.8 Å². The van der Waals surface area contributed by atoms with Crippen molar-refractivity contribution in [1.29, 1.82) is 0 Å². The molecule has 3 aliphatic rings. The van der Waals surface area contributed by atoms with Gasteiger partial charge in [0.2, 0.25) is 0 Å². The zero-order chi connectivity index (χ0) is 13.7. The number of nitrogens with zero attached hydrogens (tertiary/aromatic N) is 2. The highest BCUT2D eigenvalue weighted by Gasteiger charge is 2.47. The number of likely N-dealkylation sites (tertiary alicyclic amines) is 1. The first-order valence-electron chi connectivity index (χ1n) is 7.56. The van der Waals surface area contributed by atoms with Crippen LogP contribution in [0.5, 0.6) is 0 Å². The molecule has 5 nitrogen and oxygen atoms in total. The second-order valence-corrected chi connectivity index (χ2v) is 6.45. The smallest absolute Gasteiger partial charge is 0.259 e. The number of amides is 1. The van der Waals surface area contributed by atoms with E-state index < -0.39 is 0 Å². The first kappa shape index (κ1) is 12.4. The molecule has 0 N–H and O–H groups in total. The number of carbonyl (C=O) groups is 1. The predicted octanol–water partition coefficient (Wildman–Crippen LogP) is 2.01. The van der Waals surface area contributed by atoms with Gasteiger partial charge in [0.15, 0.2) is 0 Å². The molecule has 0 aromatic carbocycles. The van der Waals surface area contributed by atoms with E-state index in [1.165, 1.54) is 19.0 Å². The van der Waals surface area contributed by atoms with Crippen LogP contribution >= 0.6 is 0 Å². The van der Waals surface area contributed by atoms with Gasteiger partial charge in [-0.2, -0.15) is 0 Å². The number of carbonyl (C=O) groups excluding carboxylic acids is 1. The average Bonchev–Trinajstić information content (AvgIpc) is 2.85. The third-order valence-corrected chi connectivity index (χ3v) is 4.96. The molecule has 1 aromatic heterocycles. The van der Waals surface area contributed by atoms with Crippen LogP contribution in [0.1, 0.15) is 41.8 Å². The van der Waals surface area contributed by atoms with Gasteiger partial charge in [-0.3, -0.25) is 4.79 Å². The Hall–Kier alpha value is -1.36. The van der Waals surface area contributed by atoms with E-state index in [4.69, 9.17) is 9.26 Å². The molecule has 0 radical (unpaired) electrons. The van der Waals surface area contributed by atoms with Crippen molar-refractivity contribution in [3.63, 3.8) is 0 Å². The molecule has 2 aliphatic carbocycles. The molecule has 3 atom stereocenters. The molecule has 2 saturated carbocycles. The second kappa shape index (κ2) is 4.58. The van der Waals surface area contributed by atoms with Crippen molar-refractivity contribution in [2.24, 2.45) is 11.8 Å². The molecule has 3 unspecified atom stereocenters. The summed E-state index contributed by atoms with van der Waals surface area (Å²) in [6.07, 6.45) is 6.65. The molecule has 1 aromatic rings. The lowest BCUT2D eigenvalue weighted by atomic mass is 10.1. The Balaban J connectivity index is 1.39. The first-order chi connectivity index (χ1) is 9.72. The molecule has 4 rings (SSSR count). The van der Waals surface area contributed by atoms with Crippen LogP contribution in [0.2, 0.25) is 0 Å². The third-order valence-electron chi connectivity index (χ3n) is 4.96. The number of rotatable bonds is 4. The summed E-state index contributed by atoms with van der Waals surface area (Å²) in [5, 5.41) is 3.70. The lowest BCUT2D eigenvalue weighted by Crippen LogP contribution is -2.42. The summed E-state index contributed by atoms with van der Waals surface area (Å²) in [6, 6.07) is 0.339. The lowest BCUT2D eigenvalue weighted by molar-refractivity contribution is -0.00318. The molecule has 0 spiro atoms. The number of ether oxygens (including phenoxy) is 1. The van der Waals surface area contributed by atoms with Gasteiger partial charge in [0, 0.05) is 25.1 Å². The highest BCUT2D eigenvalue weighted by atomic mass is 16.5. The normalized spacial score (nSPS) is 32.0. The maximum absolute atomic E-state index is 12.5. The van der Waals surface area contributed by atoms with Crippen molar-refractivity contribution in [1.82, 2.24) is 10.1 Å². The van der Waals surface area contributed by atoms with Crippen LogP contribution in [0.25, 0.3) is 0 Å². The topological polar surface area (TPSA) is 55.6 Å². The zero-order valence-corrected chi connectivity index (χ0v) is 11.7. The summed E-state index contributed by atoms with van der Waals surface area (Å²) in [7, 11) is 0. The average molecular weight is 276 g/mol. The molecule has 1 amide bonds. The molecule has 5 heteroatoms. The zero-order valence-electron chi connectivity index (χ0n) is 11.7. The molecule has 3 fully saturated rings. The van der Waals surface area contributed by atoms with Crippen molar-refractivity contribution >= 4 is 5.91 Å². The van der Waals surface area contributed by atoms with Crippen molar-refractivity contribution < 1.29 is 14.1 Å². The fourth-order valence-electron chi connectivity index (χ4n) is 3.56. The maximum Gasteiger partial charge on any atom is 0.259 e. The van der Waals surface area contributed by atoms with Gasteiger partial charge < -0.3 is 14.2 Å². The third kappa shape index (κ3) is 2.04. The standard InChI is InChI=1S/C15H20N2O3/c1-9-13(6-16-20-9)15(18)17-7-11-4-12(17)5-14(11)19-8-10-2-3-10/h6,10-12,14H,2-5,7-8H2,1H3. The summed E-state index contributed by atoms with van der Waals surface area (Å²) in [4.78, 5) is 14.5. The summed E-state index contributed by atoms with van der Waals surface area (Å²) < 4.78 is 11.0. The SMILES string of the molecule is Cc1oncc1C(=O)N1CC2CC1CC2OCC1CC1. The van der Waals surface area contributed by atoms with Crippen molar-refractivity contribution in [3.8, 4) is 0 Å². The van der Waals surface area contributed by atoms with Crippen LogP contribution in [-0.4, -0.2) is 41.3 Å². The van der Waals surface area contributed by atoms with Gasteiger partial charge >= 0.3 is 0 Å². The number of hydrogen-bond acceptors (Lipinski definition) is 4. The second-order valence-electron chi connectivity index (χ2n) is 6.45. The van der Waals surface area contributed by atoms with E-state index in [1.807, 2.05) is 4.90 Å². The number of fused-ring (bicyclic) bond motifs is 2. The van der Waals surface area contributed by atoms with E-state index in [1.54, 1.807) is 6.92 Å². The summed E-state index contributed by atoms with van der Waals surface area (Å²) >= 11 is 0. The number of hydrogen-bond donors (Lipinski definition) is 0. The summed E-state index contributed by atoms with van der Waals surface area (Å²) in [5.41, 5.74) is 0.605. The Morgan fingerprint density at radius 1 is 1.50 bits per heavy atom. The van der Waals surface area contributed by atoms with Crippen LogP contribution in [0.3, 0.4) is 0 Å². The van der Waals surface area contributed by atoms with Crippen molar-refractivity contribution in [2.75, 3.05) is 13.2 Å². The molecular weight excluding hydrogens is 256 g/mol. The fraction of sp³-hybridized carbons (Fsp3) is 0.733. The van der Waals surface area contributed by atoms with Gasteiger partial charge in [0.25, 0.3) is 5.91 Å². The van der Waals surface area contributed by atoms with E-state index in [2.05, 4.69) is 5.16 Å². The van der Waals surface area contributed by atoms with Crippen molar-refractivity contribution in [3.05, 3.63) is 17.5 Å². The molecule has 108 valence electrons. The summed E-state index contributed by atoms with van der Waals surface area (Å²) in [5.74, 6) is 2.01. The minimum atomic E-state index is 0.0666. The van der Waals surface area contributed by atoms with Gasteiger partial charge in [-0.05, 0) is 38.5 Å². The number of aromatic nitrogens is 1. The summed E-state index contributed by atoms with van der Waals surface area (Å²) in [6.45, 7) is 3.53. The Morgan fingerprint density at radius 2 is 2.35 bits per heavy atom. The van der Waals surface area contributed by atoms with Crippen LogP contribution < -0.4 is 0 Å². The highest BCUT2D eigenvalue weighted by molar-refractivity contribution is 5.95. The quantitative estimate of drug-likeness (QED) is 0.844. The monoisotopic (exact) mass is 276 g/mol. The highest BCUT2D eigenvalue weighted by Crippen LogP contribution is 2.41.